The monoisotopic (exact) mass is 188 g/mol. The van der Waals surface area contributed by atoms with Crippen LogP contribution in [0.1, 0.15) is 11.5 Å². The molecule has 0 aliphatic carbocycles. The molecule has 0 atom stereocenters. The maximum absolute atomic E-state index is 10.4. The van der Waals surface area contributed by atoms with Gasteiger partial charge in [-0.25, -0.2) is 4.98 Å². The highest BCUT2D eigenvalue weighted by molar-refractivity contribution is 6.30. The lowest BCUT2D eigenvalue weighted by Crippen LogP contribution is -2.06. The Morgan fingerprint density at radius 2 is 2.33 bits per heavy atom. The first-order chi connectivity index (χ1) is 5.52. The van der Waals surface area contributed by atoms with Gasteiger partial charge in [0.2, 0.25) is 0 Å². The molecule has 0 saturated carbocycles. The van der Waals surface area contributed by atoms with Crippen LogP contribution in [-0.4, -0.2) is 20.6 Å². The number of carboxylic acids is 1. The summed E-state index contributed by atoms with van der Waals surface area (Å²) in [6.07, 6.45) is -0.0871. The Morgan fingerprint density at radius 1 is 1.75 bits per heavy atom. The van der Waals surface area contributed by atoms with E-state index < -0.39 is 5.97 Å². The lowest BCUT2D eigenvalue weighted by atomic mass is 10.3. The number of hydrogen-bond donors (Lipinski definition) is 1. The van der Waals surface area contributed by atoms with Crippen LogP contribution < -0.4 is 0 Å². The number of imidazole rings is 1. The molecule has 1 aromatic heterocycles. The molecule has 12 heavy (non-hydrogen) atoms. The fourth-order valence-electron chi connectivity index (χ4n) is 0.950. The Hall–Kier alpha value is -1.03. The van der Waals surface area contributed by atoms with Gasteiger partial charge in [0.15, 0.2) is 5.15 Å². The van der Waals surface area contributed by atoms with Crippen molar-refractivity contribution in [2.45, 2.75) is 13.3 Å². The van der Waals surface area contributed by atoms with Crippen LogP contribution in [-0.2, 0) is 18.3 Å². The molecule has 0 unspecified atom stereocenters. The molecule has 0 fully saturated rings. The maximum atomic E-state index is 10.4. The van der Waals surface area contributed by atoms with Crippen LogP contribution >= 0.6 is 11.6 Å². The van der Waals surface area contributed by atoms with E-state index in [1.807, 2.05) is 0 Å². The van der Waals surface area contributed by atoms with Gasteiger partial charge in [-0.05, 0) is 6.92 Å². The zero-order valence-corrected chi connectivity index (χ0v) is 7.59. The van der Waals surface area contributed by atoms with E-state index >= 15 is 0 Å². The Labute approximate surface area is 74.8 Å². The molecule has 0 amide bonds. The van der Waals surface area contributed by atoms with Crippen molar-refractivity contribution in [2.75, 3.05) is 0 Å². The van der Waals surface area contributed by atoms with E-state index in [1.54, 1.807) is 18.5 Å². The van der Waals surface area contributed by atoms with E-state index in [0.29, 0.717) is 5.69 Å². The third kappa shape index (κ3) is 1.58. The van der Waals surface area contributed by atoms with Crippen molar-refractivity contribution in [3.63, 3.8) is 0 Å². The average molecular weight is 189 g/mol. The second kappa shape index (κ2) is 3.15. The van der Waals surface area contributed by atoms with Gasteiger partial charge in [-0.1, -0.05) is 11.6 Å². The van der Waals surface area contributed by atoms with Crippen LogP contribution in [0.4, 0.5) is 0 Å². The van der Waals surface area contributed by atoms with Crippen molar-refractivity contribution < 1.29 is 9.90 Å². The maximum Gasteiger partial charge on any atom is 0.309 e. The molecule has 0 aliphatic rings. The van der Waals surface area contributed by atoms with Crippen molar-refractivity contribution >= 4 is 17.6 Å². The fourth-order valence-corrected chi connectivity index (χ4v) is 1.27. The van der Waals surface area contributed by atoms with Gasteiger partial charge in [0.05, 0.1) is 12.1 Å². The summed E-state index contributed by atoms with van der Waals surface area (Å²) in [6.45, 7) is 1.78. The van der Waals surface area contributed by atoms with Crippen LogP contribution in [0.2, 0.25) is 5.15 Å². The molecule has 0 saturated heterocycles. The number of carboxylic acid groups (broad SMARTS) is 1. The largest absolute Gasteiger partial charge is 0.481 e. The number of halogens is 1. The third-order valence-corrected chi connectivity index (χ3v) is 2.01. The highest BCUT2D eigenvalue weighted by atomic mass is 35.5. The van der Waals surface area contributed by atoms with Crippen molar-refractivity contribution in [1.29, 1.82) is 0 Å². The summed E-state index contributed by atoms with van der Waals surface area (Å²) >= 11 is 5.70. The molecule has 0 spiro atoms. The van der Waals surface area contributed by atoms with Gasteiger partial charge in [-0.2, -0.15) is 0 Å². The highest BCUT2D eigenvalue weighted by Gasteiger charge is 2.12. The van der Waals surface area contributed by atoms with E-state index in [9.17, 15) is 4.79 Å². The standard InChI is InChI=1S/C7H9ClN2O2/c1-4-9-7(8)5(10(4)2)3-6(11)12/h3H2,1-2H3,(H,11,12). The third-order valence-electron chi connectivity index (χ3n) is 1.71. The SMILES string of the molecule is Cc1nc(Cl)c(CC(=O)O)n1C. The minimum atomic E-state index is -0.903. The second-order valence-electron chi connectivity index (χ2n) is 2.53. The first-order valence-corrected chi connectivity index (χ1v) is 3.79. The van der Waals surface area contributed by atoms with Crippen molar-refractivity contribution in [3.05, 3.63) is 16.7 Å². The zero-order chi connectivity index (χ0) is 9.30. The topological polar surface area (TPSA) is 55.1 Å². The average Bonchev–Trinajstić information content (AvgIpc) is 2.16. The van der Waals surface area contributed by atoms with Crippen LogP contribution in [0.25, 0.3) is 0 Å². The van der Waals surface area contributed by atoms with Crippen molar-refractivity contribution in [1.82, 2.24) is 9.55 Å². The number of rotatable bonds is 2. The number of hydrogen-bond acceptors (Lipinski definition) is 2. The second-order valence-corrected chi connectivity index (χ2v) is 2.88. The van der Waals surface area contributed by atoms with E-state index in [-0.39, 0.29) is 11.6 Å². The van der Waals surface area contributed by atoms with E-state index in [4.69, 9.17) is 16.7 Å². The molecule has 0 bridgehead atoms. The van der Waals surface area contributed by atoms with Gasteiger partial charge in [-0.3, -0.25) is 4.79 Å². The van der Waals surface area contributed by atoms with Gasteiger partial charge in [0, 0.05) is 7.05 Å². The Morgan fingerprint density at radius 3 is 2.67 bits per heavy atom. The summed E-state index contributed by atoms with van der Waals surface area (Å²) in [4.78, 5) is 14.3. The lowest BCUT2D eigenvalue weighted by Gasteiger charge is -1.99. The first kappa shape index (κ1) is 9.06. The summed E-state index contributed by atoms with van der Waals surface area (Å²) in [6, 6.07) is 0. The van der Waals surface area contributed by atoms with Gasteiger partial charge >= 0.3 is 5.97 Å². The minimum absolute atomic E-state index is 0.0871. The molecule has 5 heteroatoms. The van der Waals surface area contributed by atoms with Crippen LogP contribution in [0.3, 0.4) is 0 Å². The van der Waals surface area contributed by atoms with E-state index in [2.05, 4.69) is 4.98 Å². The molecule has 1 aromatic rings. The Kier molecular flexibility index (Phi) is 2.38. The normalized spacial score (nSPS) is 10.2. The molecule has 0 radical (unpaired) electrons. The van der Waals surface area contributed by atoms with E-state index in [1.165, 1.54) is 0 Å². The van der Waals surface area contributed by atoms with Crippen LogP contribution in [0.5, 0.6) is 0 Å². The summed E-state index contributed by atoms with van der Waals surface area (Å²) in [7, 11) is 1.74. The summed E-state index contributed by atoms with van der Waals surface area (Å²) < 4.78 is 1.68. The number of carbonyl (C=O) groups is 1. The van der Waals surface area contributed by atoms with Gasteiger partial charge in [0.25, 0.3) is 0 Å². The van der Waals surface area contributed by atoms with Gasteiger partial charge in [-0.15, -0.1) is 0 Å². The molecule has 66 valence electrons. The molecule has 1 rings (SSSR count). The van der Waals surface area contributed by atoms with Gasteiger partial charge in [0.1, 0.15) is 5.82 Å². The van der Waals surface area contributed by atoms with Crippen molar-refractivity contribution in [2.24, 2.45) is 7.05 Å². The molecule has 1 N–H and O–H groups in total. The quantitative estimate of drug-likeness (QED) is 0.754. The molecule has 0 aliphatic heterocycles. The van der Waals surface area contributed by atoms with Gasteiger partial charge < -0.3 is 9.67 Å². The molecular formula is C7H9ClN2O2. The van der Waals surface area contributed by atoms with Crippen LogP contribution in [0, 0.1) is 6.92 Å². The fraction of sp³-hybridized carbons (Fsp3) is 0.429. The number of nitrogens with zero attached hydrogens (tertiary/aromatic N) is 2. The van der Waals surface area contributed by atoms with E-state index in [0.717, 1.165) is 5.82 Å². The Balaban J connectivity index is 3.05. The molecule has 1 heterocycles. The Bertz CT molecular complexity index is 319. The van der Waals surface area contributed by atoms with Crippen LogP contribution in [0.15, 0.2) is 0 Å². The minimum Gasteiger partial charge on any atom is -0.481 e. The summed E-state index contributed by atoms with van der Waals surface area (Å²) in [5, 5.41) is 8.80. The molecule has 4 nitrogen and oxygen atoms in total. The first-order valence-electron chi connectivity index (χ1n) is 3.42. The smallest absolute Gasteiger partial charge is 0.309 e. The predicted octanol–water partition coefficient (Wildman–Crippen LogP) is 1.01. The number of aromatic nitrogens is 2. The summed E-state index contributed by atoms with van der Waals surface area (Å²) in [5.74, 6) is -0.184. The number of aliphatic carboxylic acids is 1. The molecular weight excluding hydrogens is 180 g/mol. The zero-order valence-electron chi connectivity index (χ0n) is 6.83. The lowest BCUT2D eigenvalue weighted by molar-refractivity contribution is -0.136. The highest BCUT2D eigenvalue weighted by Crippen LogP contribution is 2.15. The number of aryl methyl sites for hydroxylation is 1. The molecule has 0 aromatic carbocycles. The van der Waals surface area contributed by atoms with Crippen molar-refractivity contribution in [3.8, 4) is 0 Å². The summed E-state index contributed by atoms with van der Waals surface area (Å²) in [5.41, 5.74) is 0.543. The predicted molar refractivity (Wildman–Crippen MR) is 44.3 cm³/mol.